The van der Waals surface area contributed by atoms with Crippen LogP contribution in [-0.4, -0.2) is 52.2 Å². The van der Waals surface area contributed by atoms with Gasteiger partial charge in [-0.15, -0.1) is 0 Å². The number of hydrogen-bond donors (Lipinski definition) is 1. The van der Waals surface area contributed by atoms with Crippen LogP contribution >= 0.6 is 0 Å². The molecule has 8 nitrogen and oxygen atoms in total. The molecule has 9 heteroatoms. The quantitative estimate of drug-likeness (QED) is 0.395. The summed E-state index contributed by atoms with van der Waals surface area (Å²) in [7, 11) is -0.945. The predicted octanol–water partition coefficient (Wildman–Crippen LogP) is 3.02. The summed E-state index contributed by atoms with van der Waals surface area (Å²) in [6.45, 7) is 2.01. The lowest BCUT2D eigenvalue weighted by atomic mass is 10.1. The summed E-state index contributed by atoms with van der Waals surface area (Å²) >= 11 is 0. The Labute approximate surface area is 187 Å². The molecule has 0 radical (unpaired) electrons. The highest BCUT2D eigenvalue weighted by Crippen LogP contribution is 2.27. The number of nitrogens with one attached hydrogen (secondary N) is 1. The van der Waals surface area contributed by atoms with E-state index in [0.29, 0.717) is 23.7 Å². The molecule has 3 rings (SSSR count). The Morgan fingerprint density at radius 2 is 1.81 bits per heavy atom. The first-order valence-corrected chi connectivity index (χ1v) is 11.4. The van der Waals surface area contributed by atoms with Crippen LogP contribution in [-0.2, 0) is 14.8 Å². The molecule has 0 bridgehead atoms. The molecule has 1 amide bonds. The molecule has 0 atom stereocenters. The van der Waals surface area contributed by atoms with E-state index >= 15 is 0 Å². The van der Waals surface area contributed by atoms with Crippen molar-refractivity contribution in [2.45, 2.75) is 11.8 Å². The molecule has 0 unspecified atom stereocenters. The van der Waals surface area contributed by atoms with Crippen molar-refractivity contribution in [2.24, 2.45) is 5.10 Å². The molecule has 3 aromatic rings. The number of hydrogen-bond acceptors (Lipinski definition) is 6. The third-order valence-electron chi connectivity index (χ3n) is 4.69. The lowest BCUT2D eigenvalue weighted by molar-refractivity contribution is -0.121. The number of ether oxygens (including phenoxy) is 2. The van der Waals surface area contributed by atoms with E-state index in [2.05, 4.69) is 10.5 Å². The molecule has 0 aliphatic rings. The van der Waals surface area contributed by atoms with Crippen LogP contribution in [0.3, 0.4) is 0 Å². The van der Waals surface area contributed by atoms with Gasteiger partial charge in [0.15, 0.2) is 11.5 Å². The number of carbonyl (C=O) groups excluding carboxylic acids is 1. The molecular weight excluding hydrogens is 430 g/mol. The van der Waals surface area contributed by atoms with Gasteiger partial charge in [-0.25, -0.2) is 13.8 Å². The summed E-state index contributed by atoms with van der Waals surface area (Å²) < 4.78 is 37.4. The van der Waals surface area contributed by atoms with E-state index in [-0.39, 0.29) is 11.4 Å². The van der Waals surface area contributed by atoms with Gasteiger partial charge in [0.05, 0.1) is 31.4 Å². The number of sulfonamides is 1. The number of benzene rings is 3. The SMILES string of the molecule is CCOc1ccc(/C=N/NC(=O)CN(C)S(=O)(=O)c2ccc3ccccc3c2)cc1OC. The van der Waals surface area contributed by atoms with Crippen molar-refractivity contribution in [3.63, 3.8) is 0 Å². The van der Waals surface area contributed by atoms with E-state index in [1.54, 1.807) is 30.3 Å². The molecule has 3 aromatic carbocycles. The molecule has 0 spiro atoms. The third-order valence-corrected chi connectivity index (χ3v) is 6.49. The van der Waals surface area contributed by atoms with Crippen molar-refractivity contribution in [1.29, 1.82) is 0 Å². The van der Waals surface area contributed by atoms with Crippen LogP contribution < -0.4 is 14.9 Å². The van der Waals surface area contributed by atoms with Crippen LogP contribution in [0.15, 0.2) is 70.7 Å². The van der Waals surface area contributed by atoms with Gasteiger partial charge >= 0.3 is 0 Å². The maximum Gasteiger partial charge on any atom is 0.255 e. The molecule has 0 heterocycles. The van der Waals surface area contributed by atoms with Crippen molar-refractivity contribution >= 4 is 32.9 Å². The second-order valence-electron chi connectivity index (χ2n) is 6.91. The smallest absolute Gasteiger partial charge is 0.255 e. The first-order valence-electron chi connectivity index (χ1n) is 9.93. The highest BCUT2D eigenvalue weighted by Gasteiger charge is 2.23. The van der Waals surface area contributed by atoms with E-state index in [4.69, 9.17) is 9.47 Å². The standard InChI is InChI=1S/C23H25N3O5S/c1-4-31-21-12-9-17(13-22(21)30-3)15-24-25-23(27)16-26(2)32(28,29)20-11-10-18-7-5-6-8-19(18)14-20/h5-15H,4,16H2,1-3H3,(H,25,27)/b24-15+. The molecule has 168 valence electrons. The molecule has 32 heavy (non-hydrogen) atoms. The Morgan fingerprint density at radius 3 is 2.53 bits per heavy atom. The Kier molecular flexibility index (Phi) is 7.45. The maximum absolute atomic E-state index is 12.8. The van der Waals surface area contributed by atoms with Crippen LogP contribution in [0, 0.1) is 0 Å². The Balaban J connectivity index is 1.63. The molecular formula is C23H25N3O5S. The summed E-state index contributed by atoms with van der Waals surface area (Å²) in [4.78, 5) is 12.3. The number of nitrogens with zero attached hydrogens (tertiary/aromatic N) is 2. The fourth-order valence-corrected chi connectivity index (χ4v) is 4.21. The van der Waals surface area contributed by atoms with Crippen molar-refractivity contribution < 1.29 is 22.7 Å². The first-order chi connectivity index (χ1) is 15.3. The van der Waals surface area contributed by atoms with E-state index in [1.807, 2.05) is 31.2 Å². The fraction of sp³-hybridized carbons (Fsp3) is 0.217. The molecule has 0 saturated carbocycles. The first kappa shape index (κ1) is 23.2. The number of amides is 1. The largest absolute Gasteiger partial charge is 0.493 e. The third kappa shape index (κ3) is 5.43. The van der Waals surface area contributed by atoms with Gasteiger partial charge in [0.25, 0.3) is 5.91 Å². The van der Waals surface area contributed by atoms with Crippen molar-refractivity contribution in [3.8, 4) is 11.5 Å². The van der Waals surface area contributed by atoms with Crippen molar-refractivity contribution in [3.05, 3.63) is 66.2 Å². The number of rotatable bonds is 9. The zero-order valence-electron chi connectivity index (χ0n) is 18.1. The summed E-state index contributed by atoms with van der Waals surface area (Å²) in [6.07, 6.45) is 1.44. The molecule has 0 aromatic heterocycles. The molecule has 0 aliphatic carbocycles. The van der Waals surface area contributed by atoms with E-state index in [9.17, 15) is 13.2 Å². The number of carbonyl (C=O) groups is 1. The van der Waals surface area contributed by atoms with Gasteiger partial charge in [-0.05, 0) is 53.6 Å². The zero-order valence-corrected chi connectivity index (χ0v) is 18.9. The second kappa shape index (κ2) is 10.3. The molecule has 0 saturated heterocycles. The van der Waals surface area contributed by atoms with Gasteiger partial charge in [0.1, 0.15) is 0 Å². The minimum absolute atomic E-state index is 0.122. The molecule has 0 fully saturated rings. The van der Waals surface area contributed by atoms with Crippen LogP contribution in [0.25, 0.3) is 10.8 Å². The van der Waals surface area contributed by atoms with Crippen molar-refractivity contribution in [1.82, 2.24) is 9.73 Å². The molecule has 1 N–H and O–H groups in total. The van der Waals surface area contributed by atoms with Crippen LogP contribution in [0.1, 0.15) is 12.5 Å². The van der Waals surface area contributed by atoms with Gasteiger partial charge in [-0.2, -0.15) is 9.41 Å². The summed E-state index contributed by atoms with van der Waals surface area (Å²) in [5.74, 6) is 0.589. The maximum atomic E-state index is 12.8. The number of fused-ring (bicyclic) bond motifs is 1. The molecule has 0 aliphatic heterocycles. The van der Waals surface area contributed by atoms with Gasteiger partial charge in [-0.1, -0.05) is 30.3 Å². The zero-order chi connectivity index (χ0) is 23.1. The number of methoxy groups -OCH3 is 1. The van der Waals surface area contributed by atoms with E-state index in [1.165, 1.54) is 26.4 Å². The van der Waals surface area contributed by atoms with Crippen molar-refractivity contribution in [2.75, 3.05) is 27.3 Å². The average Bonchev–Trinajstić information content (AvgIpc) is 2.79. The van der Waals surface area contributed by atoms with Crippen LogP contribution in [0.4, 0.5) is 0 Å². The Hall–Kier alpha value is -3.43. The number of hydrazone groups is 1. The van der Waals surface area contributed by atoms with E-state index in [0.717, 1.165) is 15.1 Å². The minimum atomic E-state index is -3.83. The highest BCUT2D eigenvalue weighted by molar-refractivity contribution is 7.89. The Bertz CT molecular complexity index is 1240. The van der Waals surface area contributed by atoms with Crippen LogP contribution in [0.2, 0.25) is 0 Å². The van der Waals surface area contributed by atoms with Crippen LogP contribution in [0.5, 0.6) is 11.5 Å². The lowest BCUT2D eigenvalue weighted by Crippen LogP contribution is -2.36. The summed E-state index contributed by atoms with van der Waals surface area (Å²) in [5.41, 5.74) is 3.03. The van der Waals surface area contributed by atoms with Gasteiger partial charge in [0.2, 0.25) is 10.0 Å². The second-order valence-corrected chi connectivity index (χ2v) is 8.95. The average molecular weight is 456 g/mol. The number of likely N-dealkylation sites (N-methyl/N-ethyl adjacent to an activating group) is 1. The topological polar surface area (TPSA) is 97.3 Å². The fourth-order valence-electron chi connectivity index (χ4n) is 3.05. The minimum Gasteiger partial charge on any atom is -0.493 e. The highest BCUT2D eigenvalue weighted by atomic mass is 32.2. The Morgan fingerprint density at radius 1 is 1.06 bits per heavy atom. The van der Waals surface area contributed by atoms with Gasteiger partial charge in [-0.3, -0.25) is 4.79 Å². The summed E-state index contributed by atoms with van der Waals surface area (Å²) in [5, 5.41) is 5.64. The summed E-state index contributed by atoms with van der Waals surface area (Å²) in [6, 6.07) is 17.6. The van der Waals surface area contributed by atoms with Gasteiger partial charge in [0, 0.05) is 7.05 Å². The lowest BCUT2D eigenvalue weighted by Gasteiger charge is -2.16. The van der Waals surface area contributed by atoms with Gasteiger partial charge < -0.3 is 9.47 Å². The predicted molar refractivity (Wildman–Crippen MR) is 124 cm³/mol. The normalized spacial score (nSPS) is 11.8. The monoisotopic (exact) mass is 455 g/mol. The van der Waals surface area contributed by atoms with E-state index < -0.39 is 15.9 Å².